The molecule has 0 fully saturated rings. The van der Waals surface area contributed by atoms with Crippen molar-refractivity contribution in [2.24, 2.45) is 5.92 Å². The fourth-order valence-corrected chi connectivity index (χ4v) is 6.83. The van der Waals surface area contributed by atoms with Crippen molar-refractivity contribution in [3.8, 4) is 0 Å². The lowest BCUT2D eigenvalue weighted by Gasteiger charge is -2.48. The predicted octanol–water partition coefficient (Wildman–Crippen LogP) is 6.96. The van der Waals surface area contributed by atoms with Crippen LogP contribution in [-0.4, -0.2) is 62.2 Å². The molecular formula is C24H51N2O3PS. The van der Waals surface area contributed by atoms with Crippen LogP contribution in [0.1, 0.15) is 96.9 Å². The molecule has 0 amide bonds. The van der Waals surface area contributed by atoms with Crippen molar-refractivity contribution >= 4 is 25.3 Å². The first-order valence-corrected chi connectivity index (χ1v) is 13.8. The smallest absolute Gasteiger partial charge is 0.192 e. The molecule has 0 aliphatic carbocycles. The predicted molar refractivity (Wildman–Crippen MR) is 139 cm³/mol. The van der Waals surface area contributed by atoms with Gasteiger partial charge in [-0.05, 0) is 83.1 Å². The first-order valence-electron chi connectivity index (χ1n) is 11.8. The van der Waals surface area contributed by atoms with Gasteiger partial charge in [0.1, 0.15) is 0 Å². The molecule has 0 unspecified atom stereocenters. The van der Waals surface area contributed by atoms with Crippen LogP contribution in [0.15, 0.2) is 0 Å². The normalized spacial score (nSPS) is 14.0. The topological polar surface area (TPSA) is 42.0 Å². The zero-order valence-electron chi connectivity index (χ0n) is 22.8. The molecule has 0 saturated carbocycles. The van der Waals surface area contributed by atoms with E-state index in [9.17, 15) is 4.79 Å². The molecule has 0 radical (unpaired) electrons. The lowest BCUT2D eigenvalue weighted by molar-refractivity contribution is -0.113. The van der Waals surface area contributed by atoms with Crippen LogP contribution in [0.4, 0.5) is 0 Å². The zero-order valence-corrected chi connectivity index (χ0v) is 24.5. The molecule has 0 aromatic carbocycles. The maximum Gasteiger partial charge on any atom is 0.192 e. The number of rotatable bonds is 14. The molecule has 186 valence electrons. The van der Waals surface area contributed by atoms with E-state index in [0.717, 1.165) is 0 Å². The summed E-state index contributed by atoms with van der Waals surface area (Å²) in [6.07, 6.45) is 0. The van der Waals surface area contributed by atoms with Crippen LogP contribution in [0.25, 0.3) is 0 Å². The van der Waals surface area contributed by atoms with Gasteiger partial charge in [-0.25, -0.2) is 9.34 Å². The molecule has 0 N–H and O–H groups in total. The molecule has 0 spiro atoms. The Morgan fingerprint density at radius 1 is 0.774 bits per heavy atom. The molecule has 0 saturated heterocycles. The number of carbonyl (C=O) groups is 1. The summed E-state index contributed by atoms with van der Waals surface area (Å²) < 4.78 is 17.7. The van der Waals surface area contributed by atoms with Crippen LogP contribution in [0.5, 0.6) is 0 Å². The first kappa shape index (κ1) is 31.3. The summed E-state index contributed by atoms with van der Waals surface area (Å²) in [5, 5.41) is 0.210. The SMILES string of the molecule is CC(C)C(=O)SC(C)(C)COCC(C)(C)OP(N(C(C)C)C(C)C)N(C(C)C)C(C)C. The standard InChI is InChI=1S/C24H51N2O3PS/c1-17(2)22(27)31-24(13,14)16-28-15-23(11,12)29-30(25(18(3)4)19(5)6)26(20(7)8)21(9)10/h17-21H,15-16H2,1-14H3. The van der Waals surface area contributed by atoms with E-state index in [4.69, 9.17) is 9.26 Å². The van der Waals surface area contributed by atoms with E-state index in [-0.39, 0.29) is 15.8 Å². The number of hydrogen-bond acceptors (Lipinski definition) is 6. The maximum absolute atomic E-state index is 12.1. The van der Waals surface area contributed by atoms with Crippen molar-refractivity contribution in [3.63, 3.8) is 0 Å². The van der Waals surface area contributed by atoms with E-state index in [0.29, 0.717) is 37.4 Å². The van der Waals surface area contributed by atoms with Gasteiger partial charge < -0.3 is 9.26 Å². The fraction of sp³-hybridized carbons (Fsp3) is 0.958. The average molecular weight is 479 g/mol. The largest absolute Gasteiger partial charge is 0.377 e. The van der Waals surface area contributed by atoms with Crippen LogP contribution in [-0.2, 0) is 14.1 Å². The molecule has 0 bridgehead atoms. The van der Waals surface area contributed by atoms with E-state index in [2.05, 4.69) is 92.4 Å². The molecule has 0 heterocycles. The highest BCUT2D eigenvalue weighted by Gasteiger charge is 2.38. The van der Waals surface area contributed by atoms with Crippen LogP contribution in [0.3, 0.4) is 0 Å². The van der Waals surface area contributed by atoms with Crippen LogP contribution in [0.2, 0.25) is 0 Å². The molecule has 0 aliphatic rings. The molecule has 0 aliphatic heterocycles. The van der Waals surface area contributed by atoms with Gasteiger partial charge in [-0.15, -0.1) is 0 Å². The van der Waals surface area contributed by atoms with Gasteiger partial charge in [-0.2, -0.15) is 0 Å². The van der Waals surface area contributed by atoms with Crippen LogP contribution >= 0.6 is 20.2 Å². The Bertz CT molecular complexity index is 501. The zero-order chi connectivity index (χ0) is 24.7. The highest BCUT2D eigenvalue weighted by Crippen LogP contribution is 2.53. The summed E-state index contributed by atoms with van der Waals surface area (Å²) in [6.45, 7) is 31.2. The lowest BCUT2D eigenvalue weighted by Crippen LogP contribution is -2.46. The average Bonchev–Trinajstić information content (AvgIpc) is 2.51. The summed E-state index contributed by atoms with van der Waals surface area (Å²) >= 11 is 1.38. The van der Waals surface area contributed by atoms with Crippen molar-refractivity contribution in [1.82, 2.24) is 9.34 Å². The van der Waals surface area contributed by atoms with Gasteiger partial charge in [0.05, 0.1) is 18.8 Å². The van der Waals surface area contributed by atoms with Gasteiger partial charge in [-0.3, -0.25) is 4.79 Å². The minimum Gasteiger partial charge on any atom is -0.377 e. The molecule has 0 rings (SSSR count). The minimum absolute atomic E-state index is 0.0312. The van der Waals surface area contributed by atoms with Crippen molar-refractivity contribution in [3.05, 3.63) is 0 Å². The van der Waals surface area contributed by atoms with Gasteiger partial charge >= 0.3 is 0 Å². The molecular weight excluding hydrogens is 427 g/mol. The quantitative estimate of drug-likeness (QED) is 0.251. The van der Waals surface area contributed by atoms with Crippen molar-refractivity contribution in [2.75, 3.05) is 13.2 Å². The minimum atomic E-state index is -0.973. The summed E-state index contributed by atoms with van der Waals surface area (Å²) in [5.41, 5.74) is -0.446. The Balaban J connectivity index is 5.42. The van der Waals surface area contributed by atoms with E-state index in [1.54, 1.807) is 0 Å². The second-order valence-electron chi connectivity index (χ2n) is 11.1. The molecule has 7 heteroatoms. The number of hydrogen-bond donors (Lipinski definition) is 0. The Morgan fingerprint density at radius 2 is 1.16 bits per heavy atom. The molecule has 0 atom stereocenters. The van der Waals surface area contributed by atoms with Gasteiger partial charge in [0.2, 0.25) is 0 Å². The van der Waals surface area contributed by atoms with Crippen molar-refractivity contribution < 1.29 is 14.1 Å². The summed E-state index contributed by atoms with van der Waals surface area (Å²) in [4.78, 5) is 12.1. The first-order chi connectivity index (χ1) is 13.9. The molecule has 0 aromatic heterocycles. The summed E-state index contributed by atoms with van der Waals surface area (Å²) in [7, 11) is -0.973. The van der Waals surface area contributed by atoms with Gasteiger partial charge in [0.25, 0.3) is 0 Å². The van der Waals surface area contributed by atoms with Crippen molar-refractivity contribution in [2.45, 2.75) is 131 Å². The molecule has 0 aromatic rings. The third-order valence-corrected chi connectivity index (χ3v) is 9.23. The van der Waals surface area contributed by atoms with E-state index in [1.807, 2.05) is 13.8 Å². The fourth-order valence-electron chi connectivity index (χ4n) is 3.41. The highest BCUT2D eigenvalue weighted by atomic mass is 32.2. The second-order valence-corrected chi connectivity index (χ2v) is 14.4. The second kappa shape index (κ2) is 13.2. The van der Waals surface area contributed by atoms with Crippen LogP contribution in [0, 0.1) is 5.92 Å². The molecule has 5 nitrogen and oxygen atoms in total. The van der Waals surface area contributed by atoms with Gasteiger partial charge in [-0.1, -0.05) is 25.6 Å². The van der Waals surface area contributed by atoms with Gasteiger partial charge in [0, 0.05) is 34.8 Å². The summed E-state index contributed by atoms with van der Waals surface area (Å²) in [5.74, 6) is 0.0312. The summed E-state index contributed by atoms with van der Waals surface area (Å²) in [6, 6.07) is 1.50. The monoisotopic (exact) mass is 478 g/mol. The molecule has 31 heavy (non-hydrogen) atoms. The van der Waals surface area contributed by atoms with E-state index >= 15 is 0 Å². The third kappa shape index (κ3) is 11.3. The Hall–Kier alpha value is 0.290. The Labute approximate surface area is 199 Å². The van der Waals surface area contributed by atoms with Crippen molar-refractivity contribution in [1.29, 1.82) is 0 Å². The highest BCUT2D eigenvalue weighted by molar-refractivity contribution is 8.14. The maximum atomic E-state index is 12.1. The lowest BCUT2D eigenvalue weighted by atomic mass is 10.1. The van der Waals surface area contributed by atoms with E-state index < -0.39 is 14.1 Å². The van der Waals surface area contributed by atoms with E-state index in [1.165, 1.54) is 11.8 Å². The number of ether oxygens (including phenoxy) is 1. The number of thioether (sulfide) groups is 1. The van der Waals surface area contributed by atoms with Gasteiger partial charge in [0.15, 0.2) is 13.6 Å². The van der Waals surface area contributed by atoms with Crippen LogP contribution < -0.4 is 0 Å². The Kier molecular flexibility index (Phi) is 13.4. The number of nitrogens with zero attached hydrogens (tertiary/aromatic N) is 2. The number of carbonyl (C=O) groups excluding carboxylic acids is 1. The Morgan fingerprint density at radius 3 is 1.48 bits per heavy atom. The third-order valence-electron chi connectivity index (χ3n) is 4.59.